The maximum absolute atomic E-state index is 13.1. The Hall–Kier alpha value is -3.06. The van der Waals surface area contributed by atoms with Gasteiger partial charge < -0.3 is 5.32 Å². The average molecular weight is 390 g/mol. The van der Waals surface area contributed by atoms with E-state index in [4.69, 9.17) is 0 Å². The monoisotopic (exact) mass is 390 g/mol. The first-order valence-electron chi connectivity index (χ1n) is 10.0. The zero-order valence-corrected chi connectivity index (χ0v) is 16.9. The number of aryl methyl sites for hydroxylation is 1. The predicted molar refractivity (Wildman–Crippen MR) is 111 cm³/mol. The van der Waals surface area contributed by atoms with Crippen LogP contribution in [0.1, 0.15) is 39.9 Å². The smallest absolute Gasteiger partial charge is 0.253 e. The molecule has 29 heavy (non-hydrogen) atoms. The molecule has 0 unspecified atom stereocenters. The molecule has 7 heteroatoms. The van der Waals surface area contributed by atoms with Crippen LogP contribution in [-0.4, -0.2) is 50.1 Å². The van der Waals surface area contributed by atoms with Crippen molar-refractivity contribution in [3.05, 3.63) is 71.0 Å². The van der Waals surface area contributed by atoms with Crippen molar-refractivity contribution in [1.82, 2.24) is 30.4 Å². The Morgan fingerprint density at radius 2 is 1.86 bits per heavy atom. The van der Waals surface area contributed by atoms with Gasteiger partial charge in [0.15, 0.2) is 0 Å². The minimum atomic E-state index is -0.0693. The van der Waals surface area contributed by atoms with E-state index in [-0.39, 0.29) is 11.9 Å². The van der Waals surface area contributed by atoms with E-state index in [1.807, 2.05) is 32.0 Å². The molecule has 1 aliphatic rings. The maximum atomic E-state index is 13.1. The summed E-state index contributed by atoms with van der Waals surface area (Å²) in [7, 11) is 0. The second-order valence-electron chi connectivity index (χ2n) is 7.67. The first-order chi connectivity index (χ1) is 14.1. The van der Waals surface area contributed by atoms with Crippen LogP contribution >= 0.6 is 0 Å². The molecule has 1 aromatic heterocycles. The highest BCUT2D eigenvalue weighted by molar-refractivity contribution is 5.98. The van der Waals surface area contributed by atoms with Gasteiger partial charge >= 0.3 is 0 Å². The molecule has 2 aromatic carbocycles. The molecule has 0 bridgehead atoms. The van der Waals surface area contributed by atoms with Gasteiger partial charge in [-0.15, -0.1) is 5.10 Å². The van der Waals surface area contributed by atoms with Crippen LogP contribution in [0, 0.1) is 13.8 Å². The van der Waals surface area contributed by atoms with E-state index >= 15 is 0 Å². The SMILES string of the molecule is Cc1ccc(C(=O)NC2CCN(Cc3ccccc3)CC2)c(-n2cnnn2)c1C. The lowest BCUT2D eigenvalue weighted by Gasteiger charge is -2.32. The van der Waals surface area contributed by atoms with Crippen molar-refractivity contribution in [3.8, 4) is 5.69 Å². The van der Waals surface area contributed by atoms with Crippen LogP contribution in [0.4, 0.5) is 0 Å². The number of hydrogen-bond donors (Lipinski definition) is 1. The first-order valence-corrected chi connectivity index (χ1v) is 10.0. The summed E-state index contributed by atoms with van der Waals surface area (Å²) in [6, 6.07) is 14.5. The number of piperidine rings is 1. The maximum Gasteiger partial charge on any atom is 0.253 e. The van der Waals surface area contributed by atoms with E-state index in [2.05, 4.69) is 50.0 Å². The van der Waals surface area contributed by atoms with E-state index in [9.17, 15) is 4.79 Å². The summed E-state index contributed by atoms with van der Waals surface area (Å²) in [5.74, 6) is -0.0693. The van der Waals surface area contributed by atoms with E-state index in [1.54, 1.807) is 4.68 Å². The van der Waals surface area contributed by atoms with Crippen LogP contribution in [0.5, 0.6) is 0 Å². The number of nitrogens with one attached hydrogen (secondary N) is 1. The Morgan fingerprint density at radius 1 is 1.10 bits per heavy atom. The Kier molecular flexibility index (Phi) is 5.67. The molecule has 0 saturated carbocycles. The molecular weight excluding hydrogens is 364 g/mol. The number of amides is 1. The fraction of sp³-hybridized carbons (Fsp3) is 0.364. The second kappa shape index (κ2) is 8.53. The standard InChI is InChI=1S/C22H26N6O/c1-16-8-9-20(21(17(16)2)28-15-23-25-26-28)22(29)24-19-10-12-27(13-11-19)14-18-6-4-3-5-7-18/h3-9,15,19H,10-14H2,1-2H3,(H,24,29). The zero-order chi connectivity index (χ0) is 20.2. The summed E-state index contributed by atoms with van der Waals surface area (Å²) >= 11 is 0. The number of hydrogen-bond acceptors (Lipinski definition) is 5. The third-order valence-electron chi connectivity index (χ3n) is 5.70. The number of rotatable bonds is 5. The van der Waals surface area contributed by atoms with Crippen LogP contribution in [0.3, 0.4) is 0 Å². The van der Waals surface area contributed by atoms with Crippen LogP contribution in [0.15, 0.2) is 48.8 Å². The molecule has 1 amide bonds. The van der Waals surface area contributed by atoms with Crippen molar-refractivity contribution in [2.75, 3.05) is 13.1 Å². The highest BCUT2D eigenvalue weighted by Gasteiger charge is 2.23. The predicted octanol–water partition coefficient (Wildman–Crippen LogP) is 2.67. The lowest BCUT2D eigenvalue weighted by atomic mass is 10.0. The molecule has 1 N–H and O–H groups in total. The van der Waals surface area contributed by atoms with Crippen molar-refractivity contribution in [2.45, 2.75) is 39.3 Å². The Morgan fingerprint density at radius 3 is 2.55 bits per heavy atom. The number of nitrogens with zero attached hydrogens (tertiary/aromatic N) is 5. The number of carbonyl (C=O) groups excluding carboxylic acids is 1. The van der Waals surface area contributed by atoms with Crippen LogP contribution in [0.25, 0.3) is 5.69 Å². The molecule has 0 atom stereocenters. The molecule has 1 saturated heterocycles. The largest absolute Gasteiger partial charge is 0.349 e. The minimum absolute atomic E-state index is 0.0693. The fourth-order valence-corrected chi connectivity index (χ4v) is 3.88. The van der Waals surface area contributed by atoms with Crippen molar-refractivity contribution in [3.63, 3.8) is 0 Å². The molecule has 4 rings (SSSR count). The molecule has 0 radical (unpaired) electrons. The molecule has 7 nitrogen and oxygen atoms in total. The number of likely N-dealkylation sites (tertiary alicyclic amines) is 1. The summed E-state index contributed by atoms with van der Waals surface area (Å²) in [4.78, 5) is 15.5. The van der Waals surface area contributed by atoms with E-state index in [0.717, 1.165) is 49.3 Å². The van der Waals surface area contributed by atoms with Gasteiger partial charge in [-0.1, -0.05) is 36.4 Å². The average Bonchev–Trinajstić information content (AvgIpc) is 3.26. The quantitative estimate of drug-likeness (QED) is 0.725. The Labute approximate surface area is 170 Å². The Bertz CT molecular complexity index is 962. The molecule has 1 aliphatic heterocycles. The van der Waals surface area contributed by atoms with Gasteiger partial charge in [0.1, 0.15) is 6.33 Å². The van der Waals surface area contributed by atoms with E-state index in [0.29, 0.717) is 5.56 Å². The summed E-state index contributed by atoms with van der Waals surface area (Å²) in [6.07, 6.45) is 3.42. The summed E-state index contributed by atoms with van der Waals surface area (Å²) in [5, 5.41) is 14.7. The van der Waals surface area contributed by atoms with E-state index in [1.165, 1.54) is 11.9 Å². The first kappa shape index (κ1) is 19.3. The van der Waals surface area contributed by atoms with Gasteiger partial charge in [0.05, 0.1) is 11.3 Å². The van der Waals surface area contributed by atoms with Gasteiger partial charge in [0, 0.05) is 25.7 Å². The third-order valence-corrected chi connectivity index (χ3v) is 5.70. The zero-order valence-electron chi connectivity index (χ0n) is 16.9. The number of carbonyl (C=O) groups is 1. The number of aromatic nitrogens is 4. The molecule has 2 heterocycles. The van der Waals surface area contributed by atoms with E-state index < -0.39 is 0 Å². The Balaban J connectivity index is 1.41. The number of benzene rings is 2. The van der Waals surface area contributed by atoms with Gasteiger partial charge in [0.2, 0.25) is 0 Å². The lowest BCUT2D eigenvalue weighted by molar-refractivity contribution is 0.0908. The summed E-state index contributed by atoms with van der Waals surface area (Å²) in [5.41, 5.74) is 4.78. The van der Waals surface area contributed by atoms with Crippen LogP contribution < -0.4 is 5.32 Å². The molecule has 0 aliphatic carbocycles. The third kappa shape index (κ3) is 4.35. The van der Waals surface area contributed by atoms with Gasteiger partial charge in [-0.25, -0.2) is 0 Å². The van der Waals surface area contributed by atoms with Gasteiger partial charge in [-0.2, -0.15) is 4.68 Å². The second-order valence-corrected chi connectivity index (χ2v) is 7.67. The minimum Gasteiger partial charge on any atom is -0.349 e. The normalized spacial score (nSPS) is 15.4. The number of tetrazole rings is 1. The highest BCUT2D eigenvalue weighted by Crippen LogP contribution is 2.22. The summed E-state index contributed by atoms with van der Waals surface area (Å²) in [6.45, 7) is 6.93. The molecule has 0 spiro atoms. The fourth-order valence-electron chi connectivity index (χ4n) is 3.88. The molecule has 150 valence electrons. The van der Waals surface area contributed by atoms with Gasteiger partial charge in [-0.3, -0.25) is 9.69 Å². The molecular formula is C22H26N6O. The molecule has 3 aromatic rings. The lowest BCUT2D eigenvalue weighted by Crippen LogP contribution is -2.44. The highest BCUT2D eigenvalue weighted by atomic mass is 16.1. The van der Waals surface area contributed by atoms with Crippen molar-refractivity contribution >= 4 is 5.91 Å². The topological polar surface area (TPSA) is 75.9 Å². The summed E-state index contributed by atoms with van der Waals surface area (Å²) < 4.78 is 1.57. The van der Waals surface area contributed by atoms with Gasteiger partial charge in [-0.05, 0) is 59.9 Å². The van der Waals surface area contributed by atoms with Crippen molar-refractivity contribution in [2.24, 2.45) is 0 Å². The van der Waals surface area contributed by atoms with Crippen molar-refractivity contribution in [1.29, 1.82) is 0 Å². The van der Waals surface area contributed by atoms with Gasteiger partial charge in [0.25, 0.3) is 5.91 Å². The van der Waals surface area contributed by atoms with Crippen LogP contribution in [-0.2, 0) is 6.54 Å². The van der Waals surface area contributed by atoms with Crippen molar-refractivity contribution < 1.29 is 4.79 Å². The molecule has 1 fully saturated rings. The van der Waals surface area contributed by atoms with Crippen LogP contribution in [0.2, 0.25) is 0 Å².